The van der Waals surface area contributed by atoms with Gasteiger partial charge in [0.05, 0.1) is 6.20 Å². The predicted octanol–water partition coefficient (Wildman–Crippen LogP) is 0.798. The van der Waals surface area contributed by atoms with Crippen molar-refractivity contribution in [3.8, 4) is 0 Å². The molecule has 0 atom stereocenters. The molecule has 1 heterocycles. The monoisotopic (exact) mass is 153 g/mol. The number of aromatic nitrogens is 3. The van der Waals surface area contributed by atoms with Crippen molar-refractivity contribution >= 4 is 5.78 Å². The van der Waals surface area contributed by atoms with E-state index in [0.717, 1.165) is 6.42 Å². The highest BCUT2D eigenvalue weighted by Gasteiger charge is 2.08. The van der Waals surface area contributed by atoms with Crippen molar-refractivity contribution in [3.63, 3.8) is 0 Å². The average molecular weight is 153 g/mol. The molecule has 0 aliphatic carbocycles. The van der Waals surface area contributed by atoms with Crippen LogP contribution in [0.5, 0.6) is 0 Å². The molecule has 60 valence electrons. The maximum absolute atomic E-state index is 11.2. The molecule has 0 aromatic carbocycles. The molecule has 0 unspecified atom stereocenters. The lowest BCUT2D eigenvalue weighted by molar-refractivity contribution is 0.0972. The van der Waals surface area contributed by atoms with Crippen LogP contribution >= 0.6 is 0 Å². The number of aryl methyl sites for hydroxylation is 1. The maximum Gasteiger partial charge on any atom is 0.182 e. The van der Waals surface area contributed by atoms with E-state index in [1.54, 1.807) is 7.05 Å². The Morgan fingerprint density at radius 1 is 1.73 bits per heavy atom. The largest absolute Gasteiger partial charge is 0.292 e. The Balaban J connectivity index is 2.76. The van der Waals surface area contributed by atoms with Crippen LogP contribution in [-0.4, -0.2) is 20.8 Å². The quantitative estimate of drug-likeness (QED) is 0.603. The summed E-state index contributed by atoms with van der Waals surface area (Å²) < 4.78 is 1.50. The third-order valence-electron chi connectivity index (χ3n) is 1.48. The number of nitrogens with zero attached hydrogens (tertiary/aromatic N) is 3. The minimum absolute atomic E-state index is 0.111. The fraction of sp³-hybridized carbons (Fsp3) is 0.571. The zero-order valence-corrected chi connectivity index (χ0v) is 6.74. The zero-order valence-electron chi connectivity index (χ0n) is 6.74. The van der Waals surface area contributed by atoms with E-state index in [1.165, 1.54) is 10.9 Å². The highest BCUT2D eigenvalue weighted by atomic mass is 16.1. The molecule has 0 spiro atoms. The van der Waals surface area contributed by atoms with E-state index in [-0.39, 0.29) is 5.78 Å². The van der Waals surface area contributed by atoms with Gasteiger partial charge < -0.3 is 0 Å². The van der Waals surface area contributed by atoms with E-state index in [9.17, 15) is 4.79 Å². The lowest BCUT2D eigenvalue weighted by Gasteiger charge is -1.95. The van der Waals surface area contributed by atoms with Gasteiger partial charge in [-0.2, -0.15) is 0 Å². The standard InChI is InChI=1S/C7H11N3O/c1-3-4-7(11)6-5-8-9-10(6)2/h5H,3-4H2,1-2H3. The third-order valence-corrected chi connectivity index (χ3v) is 1.48. The zero-order chi connectivity index (χ0) is 8.27. The summed E-state index contributed by atoms with van der Waals surface area (Å²) in [6, 6.07) is 0. The van der Waals surface area contributed by atoms with Gasteiger partial charge in [-0.1, -0.05) is 12.1 Å². The summed E-state index contributed by atoms with van der Waals surface area (Å²) in [5, 5.41) is 7.28. The molecule has 0 amide bonds. The van der Waals surface area contributed by atoms with Crippen molar-refractivity contribution in [3.05, 3.63) is 11.9 Å². The number of Topliss-reactive ketones (excluding diaryl/α,β-unsaturated/α-hetero) is 1. The van der Waals surface area contributed by atoms with Crippen molar-refractivity contribution in [2.45, 2.75) is 19.8 Å². The highest BCUT2D eigenvalue weighted by molar-refractivity contribution is 5.93. The number of hydrogen-bond donors (Lipinski definition) is 0. The van der Waals surface area contributed by atoms with Crippen LogP contribution in [0.25, 0.3) is 0 Å². The molecule has 1 rings (SSSR count). The van der Waals surface area contributed by atoms with Crippen LogP contribution in [-0.2, 0) is 7.05 Å². The minimum Gasteiger partial charge on any atom is -0.292 e. The summed E-state index contributed by atoms with van der Waals surface area (Å²) in [5.41, 5.74) is 0.590. The molecule has 0 saturated heterocycles. The topological polar surface area (TPSA) is 47.8 Å². The van der Waals surface area contributed by atoms with Crippen LogP contribution in [0.15, 0.2) is 6.20 Å². The summed E-state index contributed by atoms with van der Waals surface area (Å²) in [4.78, 5) is 11.2. The Morgan fingerprint density at radius 3 is 2.91 bits per heavy atom. The summed E-state index contributed by atoms with van der Waals surface area (Å²) in [6.45, 7) is 1.97. The van der Waals surface area contributed by atoms with Crippen molar-refractivity contribution in [1.82, 2.24) is 15.0 Å². The van der Waals surface area contributed by atoms with Gasteiger partial charge in [0.25, 0.3) is 0 Å². The number of carbonyl (C=O) groups is 1. The number of carbonyl (C=O) groups excluding carboxylic acids is 1. The molecule has 0 bridgehead atoms. The van der Waals surface area contributed by atoms with Gasteiger partial charge >= 0.3 is 0 Å². The molecule has 1 aromatic rings. The maximum atomic E-state index is 11.2. The van der Waals surface area contributed by atoms with Gasteiger partial charge in [0.1, 0.15) is 5.69 Å². The van der Waals surface area contributed by atoms with Crippen molar-refractivity contribution < 1.29 is 4.79 Å². The number of rotatable bonds is 3. The van der Waals surface area contributed by atoms with Crippen LogP contribution < -0.4 is 0 Å². The predicted molar refractivity (Wildman–Crippen MR) is 40.2 cm³/mol. The molecule has 0 aliphatic heterocycles. The SMILES string of the molecule is CCCC(=O)c1cnnn1C. The first kappa shape index (κ1) is 7.91. The second-order valence-electron chi connectivity index (χ2n) is 2.42. The van der Waals surface area contributed by atoms with Gasteiger partial charge in [-0.25, -0.2) is 4.68 Å². The first-order chi connectivity index (χ1) is 5.25. The molecule has 0 aliphatic rings. The Kier molecular flexibility index (Phi) is 2.36. The molecular formula is C7H11N3O. The van der Waals surface area contributed by atoms with Crippen molar-refractivity contribution in [2.24, 2.45) is 7.05 Å². The molecule has 4 heteroatoms. The summed E-state index contributed by atoms with van der Waals surface area (Å²) >= 11 is 0. The molecule has 0 N–H and O–H groups in total. The van der Waals surface area contributed by atoms with Gasteiger partial charge in [-0.15, -0.1) is 5.10 Å². The van der Waals surface area contributed by atoms with Gasteiger partial charge in [0.2, 0.25) is 0 Å². The van der Waals surface area contributed by atoms with E-state index in [4.69, 9.17) is 0 Å². The fourth-order valence-corrected chi connectivity index (χ4v) is 0.897. The average Bonchev–Trinajstić information content (AvgIpc) is 2.36. The molecule has 0 fully saturated rings. The third kappa shape index (κ3) is 1.63. The molecule has 1 aromatic heterocycles. The molecular weight excluding hydrogens is 142 g/mol. The van der Waals surface area contributed by atoms with E-state index in [1.807, 2.05) is 6.92 Å². The summed E-state index contributed by atoms with van der Waals surface area (Å²) in [7, 11) is 1.72. The van der Waals surface area contributed by atoms with Gasteiger partial charge in [-0.3, -0.25) is 4.79 Å². The summed E-state index contributed by atoms with van der Waals surface area (Å²) in [6.07, 6.45) is 2.93. The van der Waals surface area contributed by atoms with Crippen LogP contribution in [0.1, 0.15) is 30.3 Å². The van der Waals surface area contributed by atoms with Gasteiger partial charge in [0.15, 0.2) is 5.78 Å². The number of ketones is 1. The van der Waals surface area contributed by atoms with E-state index >= 15 is 0 Å². The van der Waals surface area contributed by atoms with E-state index in [0.29, 0.717) is 12.1 Å². The second-order valence-corrected chi connectivity index (χ2v) is 2.42. The Labute approximate surface area is 65.2 Å². The highest BCUT2D eigenvalue weighted by Crippen LogP contribution is 2.00. The Bertz CT molecular complexity index is 254. The van der Waals surface area contributed by atoms with Crippen LogP contribution in [0.3, 0.4) is 0 Å². The normalized spacial score (nSPS) is 10.0. The summed E-state index contributed by atoms with van der Waals surface area (Å²) in [5.74, 6) is 0.111. The van der Waals surface area contributed by atoms with E-state index < -0.39 is 0 Å². The fourth-order valence-electron chi connectivity index (χ4n) is 0.897. The lowest BCUT2D eigenvalue weighted by atomic mass is 10.2. The molecule has 0 saturated carbocycles. The first-order valence-electron chi connectivity index (χ1n) is 3.63. The number of hydrogen-bond acceptors (Lipinski definition) is 3. The Hall–Kier alpha value is -1.19. The smallest absolute Gasteiger partial charge is 0.182 e. The van der Waals surface area contributed by atoms with Gasteiger partial charge in [0, 0.05) is 13.5 Å². The molecule has 4 nitrogen and oxygen atoms in total. The molecule has 0 radical (unpaired) electrons. The van der Waals surface area contributed by atoms with Crippen LogP contribution in [0.4, 0.5) is 0 Å². The molecule has 11 heavy (non-hydrogen) atoms. The lowest BCUT2D eigenvalue weighted by Crippen LogP contribution is -2.05. The first-order valence-corrected chi connectivity index (χ1v) is 3.63. The van der Waals surface area contributed by atoms with Crippen LogP contribution in [0.2, 0.25) is 0 Å². The van der Waals surface area contributed by atoms with Gasteiger partial charge in [-0.05, 0) is 6.42 Å². The minimum atomic E-state index is 0.111. The Morgan fingerprint density at radius 2 is 2.45 bits per heavy atom. The second kappa shape index (κ2) is 3.27. The van der Waals surface area contributed by atoms with E-state index in [2.05, 4.69) is 10.3 Å². The van der Waals surface area contributed by atoms with Crippen molar-refractivity contribution in [2.75, 3.05) is 0 Å². The van der Waals surface area contributed by atoms with Crippen molar-refractivity contribution in [1.29, 1.82) is 0 Å². The van der Waals surface area contributed by atoms with Crippen LogP contribution in [0, 0.1) is 0 Å².